The third-order valence-electron chi connectivity index (χ3n) is 4.55. The van der Waals surface area contributed by atoms with Gasteiger partial charge in [0.25, 0.3) is 5.91 Å². The van der Waals surface area contributed by atoms with Crippen LogP contribution in [0.2, 0.25) is 5.02 Å². The van der Waals surface area contributed by atoms with Crippen LogP contribution in [0.1, 0.15) is 21.9 Å². The number of carbonyl (C=O) groups excluding carboxylic acids is 1. The monoisotopic (exact) mass is 407 g/mol. The molecule has 0 atom stereocenters. The van der Waals surface area contributed by atoms with Crippen LogP contribution in [0.15, 0.2) is 75.6 Å². The third-order valence-corrected chi connectivity index (χ3v) is 4.80. The van der Waals surface area contributed by atoms with Crippen molar-refractivity contribution < 1.29 is 18.7 Å². The first kappa shape index (κ1) is 19.1. The molecule has 146 valence electrons. The van der Waals surface area contributed by atoms with E-state index in [1.54, 1.807) is 36.4 Å². The Labute approximate surface area is 172 Å². The van der Waals surface area contributed by atoms with E-state index in [0.717, 1.165) is 16.7 Å². The van der Waals surface area contributed by atoms with E-state index in [4.69, 9.17) is 20.4 Å². The molecule has 0 fully saturated rings. The highest BCUT2D eigenvalue weighted by molar-refractivity contribution is 6.30. The van der Waals surface area contributed by atoms with Gasteiger partial charge in [-0.25, -0.2) is 0 Å². The zero-order chi connectivity index (χ0) is 20.4. The van der Waals surface area contributed by atoms with E-state index in [-0.39, 0.29) is 18.3 Å². The molecule has 0 aliphatic rings. The van der Waals surface area contributed by atoms with Crippen molar-refractivity contribution in [2.24, 2.45) is 0 Å². The van der Waals surface area contributed by atoms with Crippen molar-refractivity contribution in [3.8, 4) is 22.6 Å². The van der Waals surface area contributed by atoms with Crippen LogP contribution in [0.3, 0.4) is 0 Å². The average molecular weight is 408 g/mol. The fourth-order valence-corrected chi connectivity index (χ4v) is 3.07. The number of aryl methyl sites for hydroxylation is 1. The highest BCUT2D eigenvalue weighted by atomic mass is 35.5. The zero-order valence-corrected chi connectivity index (χ0v) is 16.4. The number of hydrogen-bond donors (Lipinski definition) is 2. The molecule has 0 radical (unpaired) electrons. The molecule has 29 heavy (non-hydrogen) atoms. The third kappa shape index (κ3) is 4.11. The topological polar surface area (TPSA) is 75.6 Å². The smallest absolute Gasteiger partial charge is 0.291 e. The quantitative estimate of drug-likeness (QED) is 0.431. The predicted octanol–water partition coefficient (Wildman–Crippen LogP) is 5.91. The summed E-state index contributed by atoms with van der Waals surface area (Å²) in [4.78, 5) is 12.7. The molecule has 0 aliphatic heterocycles. The lowest BCUT2D eigenvalue weighted by molar-refractivity contribution is 0.0997. The lowest BCUT2D eigenvalue weighted by Gasteiger charge is -2.09. The predicted molar refractivity (Wildman–Crippen MR) is 112 cm³/mol. The standard InChI is InChI=1S/C23H18ClNO4/c1-14-2-3-16(21-9-8-18(13-26)28-21)12-19(14)25-23(27)22-11-10-20(29-22)15-4-6-17(24)7-5-15/h2-12,26H,13H2,1H3,(H,25,27). The Hall–Kier alpha value is -3.28. The van der Waals surface area contributed by atoms with Gasteiger partial charge in [-0.2, -0.15) is 0 Å². The number of benzene rings is 2. The second-order valence-electron chi connectivity index (χ2n) is 6.58. The molecule has 0 bridgehead atoms. The minimum Gasteiger partial charge on any atom is -0.459 e. The summed E-state index contributed by atoms with van der Waals surface area (Å²) in [7, 11) is 0. The molecule has 4 rings (SSSR count). The van der Waals surface area contributed by atoms with Crippen molar-refractivity contribution in [1.29, 1.82) is 0 Å². The molecule has 0 spiro atoms. The summed E-state index contributed by atoms with van der Waals surface area (Å²) in [6.45, 7) is 1.74. The first-order valence-electron chi connectivity index (χ1n) is 9.01. The zero-order valence-electron chi connectivity index (χ0n) is 15.6. The molecule has 0 saturated carbocycles. The molecule has 2 aromatic heterocycles. The van der Waals surface area contributed by atoms with Crippen LogP contribution in [0.25, 0.3) is 22.6 Å². The van der Waals surface area contributed by atoms with Crippen LogP contribution in [-0.4, -0.2) is 11.0 Å². The Bertz CT molecular complexity index is 1160. The number of halogens is 1. The molecule has 5 nitrogen and oxygen atoms in total. The number of hydrogen-bond acceptors (Lipinski definition) is 4. The first-order chi connectivity index (χ1) is 14.0. The van der Waals surface area contributed by atoms with Crippen molar-refractivity contribution in [2.75, 3.05) is 5.32 Å². The highest BCUT2D eigenvalue weighted by Crippen LogP contribution is 2.28. The van der Waals surface area contributed by atoms with Gasteiger partial charge >= 0.3 is 0 Å². The molecule has 2 heterocycles. The van der Waals surface area contributed by atoms with Gasteiger partial charge < -0.3 is 19.3 Å². The lowest BCUT2D eigenvalue weighted by atomic mass is 10.1. The van der Waals surface area contributed by atoms with Gasteiger partial charge in [0.15, 0.2) is 5.76 Å². The summed E-state index contributed by atoms with van der Waals surface area (Å²) in [5.74, 6) is 1.55. The van der Waals surface area contributed by atoms with Gasteiger partial charge in [-0.1, -0.05) is 23.7 Å². The number of aliphatic hydroxyl groups is 1. The Morgan fingerprint density at radius 2 is 1.62 bits per heavy atom. The maximum atomic E-state index is 12.7. The Morgan fingerprint density at radius 1 is 0.931 bits per heavy atom. The largest absolute Gasteiger partial charge is 0.459 e. The molecule has 4 aromatic rings. The van der Waals surface area contributed by atoms with E-state index >= 15 is 0 Å². The number of carbonyl (C=O) groups is 1. The van der Waals surface area contributed by atoms with Gasteiger partial charge in [0, 0.05) is 21.8 Å². The van der Waals surface area contributed by atoms with Gasteiger partial charge in [0.05, 0.1) is 0 Å². The number of anilines is 1. The van der Waals surface area contributed by atoms with Crippen LogP contribution >= 0.6 is 11.6 Å². The van der Waals surface area contributed by atoms with Crippen molar-refractivity contribution in [3.63, 3.8) is 0 Å². The van der Waals surface area contributed by atoms with Crippen LogP contribution in [0, 0.1) is 6.92 Å². The van der Waals surface area contributed by atoms with E-state index in [2.05, 4.69) is 5.32 Å². The normalized spacial score (nSPS) is 10.9. The minimum atomic E-state index is -0.346. The second kappa shape index (κ2) is 7.99. The van der Waals surface area contributed by atoms with Gasteiger partial charge in [0.1, 0.15) is 23.9 Å². The van der Waals surface area contributed by atoms with Crippen molar-refractivity contribution in [3.05, 3.63) is 88.8 Å². The SMILES string of the molecule is Cc1ccc(-c2ccc(CO)o2)cc1NC(=O)c1ccc(-c2ccc(Cl)cc2)o1. The average Bonchev–Trinajstić information content (AvgIpc) is 3.40. The van der Waals surface area contributed by atoms with Crippen molar-refractivity contribution in [2.45, 2.75) is 13.5 Å². The van der Waals surface area contributed by atoms with Gasteiger partial charge in [0.2, 0.25) is 0 Å². The summed E-state index contributed by atoms with van der Waals surface area (Å²) >= 11 is 5.91. The summed E-state index contributed by atoms with van der Waals surface area (Å²) in [5, 5.41) is 12.7. The van der Waals surface area contributed by atoms with Crippen LogP contribution in [0.5, 0.6) is 0 Å². The number of rotatable bonds is 5. The number of nitrogens with one attached hydrogen (secondary N) is 1. The first-order valence-corrected chi connectivity index (χ1v) is 9.39. The van der Waals surface area contributed by atoms with Gasteiger partial charge in [-0.05, 0) is 67.1 Å². The molecule has 0 saturated heterocycles. The van der Waals surface area contributed by atoms with Gasteiger partial charge in [-0.15, -0.1) is 0 Å². The van der Waals surface area contributed by atoms with Crippen molar-refractivity contribution in [1.82, 2.24) is 0 Å². The van der Waals surface area contributed by atoms with Crippen molar-refractivity contribution >= 4 is 23.2 Å². The van der Waals surface area contributed by atoms with Crippen LogP contribution < -0.4 is 5.32 Å². The Balaban J connectivity index is 1.55. The van der Waals surface area contributed by atoms with E-state index in [1.165, 1.54) is 0 Å². The fraction of sp³-hybridized carbons (Fsp3) is 0.0870. The van der Waals surface area contributed by atoms with E-state index in [0.29, 0.717) is 28.0 Å². The Kier molecular flexibility index (Phi) is 5.25. The molecule has 6 heteroatoms. The van der Waals surface area contributed by atoms with Crippen LogP contribution in [0.4, 0.5) is 5.69 Å². The van der Waals surface area contributed by atoms with Gasteiger partial charge in [-0.3, -0.25) is 4.79 Å². The molecular weight excluding hydrogens is 390 g/mol. The summed E-state index contributed by atoms with van der Waals surface area (Å²) < 4.78 is 11.3. The number of furan rings is 2. The van der Waals surface area contributed by atoms with E-state index < -0.39 is 0 Å². The minimum absolute atomic E-state index is 0.163. The molecule has 1 amide bonds. The number of amides is 1. The molecule has 2 aromatic carbocycles. The molecular formula is C23H18ClNO4. The second-order valence-corrected chi connectivity index (χ2v) is 7.02. The maximum Gasteiger partial charge on any atom is 0.291 e. The summed E-state index contributed by atoms with van der Waals surface area (Å²) in [5.41, 5.74) is 3.19. The van der Waals surface area contributed by atoms with E-state index in [1.807, 2.05) is 37.3 Å². The highest BCUT2D eigenvalue weighted by Gasteiger charge is 2.15. The van der Waals surface area contributed by atoms with Crippen LogP contribution in [-0.2, 0) is 6.61 Å². The van der Waals surface area contributed by atoms with E-state index in [9.17, 15) is 9.90 Å². The maximum absolute atomic E-state index is 12.7. The fourth-order valence-electron chi connectivity index (χ4n) is 2.94. The molecule has 0 aliphatic carbocycles. The summed E-state index contributed by atoms with van der Waals surface area (Å²) in [6.07, 6.45) is 0. The lowest BCUT2D eigenvalue weighted by Crippen LogP contribution is -2.11. The molecule has 2 N–H and O–H groups in total. The molecule has 0 unspecified atom stereocenters. The Morgan fingerprint density at radius 3 is 2.34 bits per heavy atom. The number of aliphatic hydroxyl groups excluding tert-OH is 1. The summed E-state index contributed by atoms with van der Waals surface area (Å²) in [6, 6.07) is 19.7.